The molecule has 0 aromatic heterocycles. The smallest absolute Gasteiger partial charge is 0.375 e. The molecule has 0 aromatic rings. The predicted molar refractivity (Wildman–Crippen MR) is 125 cm³/mol. The molecule has 0 aliphatic carbocycles. The Morgan fingerprint density at radius 3 is 1.00 bits per heavy atom. The minimum absolute atomic E-state index is 0.286. The zero-order valence-electron chi connectivity index (χ0n) is 20.6. The normalized spacial score (nSPS) is 14.9. The van der Waals surface area contributed by atoms with E-state index < -0.39 is 26.5 Å². The highest BCUT2D eigenvalue weighted by atomic mass is 31.2. The van der Waals surface area contributed by atoms with Gasteiger partial charge in [0.15, 0.2) is 0 Å². The Balaban J connectivity index is 5.32. The fraction of sp³-hybridized carbons (Fsp3) is 0.875. The molecule has 3 atom stereocenters. The molecule has 31 heavy (non-hydrogen) atoms. The van der Waals surface area contributed by atoms with Crippen molar-refractivity contribution in [3.63, 3.8) is 0 Å². The molecule has 0 saturated carbocycles. The Bertz CT molecular complexity index is 439. The molecular formula is C24H45O6P. The monoisotopic (exact) mass is 460 g/mol. The van der Waals surface area contributed by atoms with Crippen LogP contribution >= 0.6 is 8.60 Å². The zero-order chi connectivity index (χ0) is 23.6. The van der Waals surface area contributed by atoms with E-state index in [-0.39, 0.29) is 17.8 Å². The van der Waals surface area contributed by atoms with E-state index in [1.165, 1.54) is 0 Å². The molecule has 0 rings (SSSR count). The Labute approximate surface area is 191 Å². The molecule has 0 saturated heterocycles. The van der Waals surface area contributed by atoms with Gasteiger partial charge in [-0.05, 0) is 38.5 Å². The van der Waals surface area contributed by atoms with Crippen molar-refractivity contribution in [2.24, 2.45) is 17.8 Å². The second kappa shape index (κ2) is 18.4. The van der Waals surface area contributed by atoms with Crippen LogP contribution in [-0.4, -0.2) is 17.9 Å². The van der Waals surface area contributed by atoms with E-state index in [1.807, 2.05) is 20.8 Å². The SMILES string of the molecule is CCCCC(CC)C(=O)OP(OC(=O)C(CC)CCCC)OC(=O)C(CC)CCCC. The second-order valence-corrected chi connectivity index (χ2v) is 9.19. The summed E-state index contributed by atoms with van der Waals surface area (Å²) in [5.41, 5.74) is 0. The molecule has 0 N–H and O–H groups in total. The van der Waals surface area contributed by atoms with E-state index in [4.69, 9.17) is 13.6 Å². The quantitative estimate of drug-likeness (QED) is 0.197. The Kier molecular flexibility index (Phi) is 17.7. The van der Waals surface area contributed by atoms with Gasteiger partial charge in [0.05, 0.1) is 17.8 Å². The van der Waals surface area contributed by atoms with Gasteiger partial charge in [-0.1, -0.05) is 80.1 Å². The summed E-state index contributed by atoms with van der Waals surface area (Å²) in [6, 6.07) is 0. The van der Waals surface area contributed by atoms with Crippen molar-refractivity contribution in [2.45, 2.75) is 119 Å². The minimum Gasteiger partial charge on any atom is -0.375 e. The van der Waals surface area contributed by atoms with Crippen molar-refractivity contribution in [1.82, 2.24) is 0 Å². The van der Waals surface area contributed by atoms with Crippen LogP contribution in [-0.2, 0) is 28.0 Å². The van der Waals surface area contributed by atoms with Crippen molar-refractivity contribution in [1.29, 1.82) is 0 Å². The van der Waals surface area contributed by atoms with E-state index in [0.717, 1.165) is 38.5 Å². The first kappa shape index (κ1) is 29.8. The molecular weight excluding hydrogens is 415 g/mol. The van der Waals surface area contributed by atoms with E-state index in [1.54, 1.807) is 0 Å². The average molecular weight is 461 g/mol. The average Bonchev–Trinajstić information content (AvgIpc) is 2.75. The third kappa shape index (κ3) is 12.5. The molecule has 0 aliphatic rings. The van der Waals surface area contributed by atoms with Gasteiger partial charge in [0.2, 0.25) is 0 Å². The van der Waals surface area contributed by atoms with Gasteiger partial charge in [-0.15, -0.1) is 0 Å². The standard InChI is InChI=1S/C24H45O6P/c1-7-13-16-19(10-4)22(25)28-31(29-23(26)20(11-5)17-14-8-2)30-24(27)21(12-6)18-15-9-3/h19-21H,7-18H2,1-6H3. The summed E-state index contributed by atoms with van der Waals surface area (Å²) in [6.07, 6.45) is 9.69. The van der Waals surface area contributed by atoms with Crippen molar-refractivity contribution in [3.8, 4) is 0 Å². The van der Waals surface area contributed by atoms with Crippen LogP contribution in [0.2, 0.25) is 0 Å². The Morgan fingerprint density at radius 1 is 0.548 bits per heavy atom. The number of hydrogen-bond acceptors (Lipinski definition) is 6. The fourth-order valence-corrected chi connectivity index (χ4v) is 4.32. The van der Waals surface area contributed by atoms with Gasteiger partial charge in [-0.2, -0.15) is 0 Å². The second-order valence-electron chi connectivity index (χ2n) is 8.20. The van der Waals surface area contributed by atoms with Crippen LogP contribution in [0.1, 0.15) is 119 Å². The van der Waals surface area contributed by atoms with Crippen LogP contribution in [0.3, 0.4) is 0 Å². The van der Waals surface area contributed by atoms with Gasteiger partial charge >= 0.3 is 26.5 Å². The van der Waals surface area contributed by atoms with Crippen molar-refractivity contribution in [3.05, 3.63) is 0 Å². The first-order valence-electron chi connectivity index (χ1n) is 12.3. The molecule has 0 spiro atoms. The van der Waals surface area contributed by atoms with Crippen LogP contribution in [0.25, 0.3) is 0 Å². The largest absolute Gasteiger partial charge is 0.537 e. The van der Waals surface area contributed by atoms with Gasteiger partial charge < -0.3 is 13.6 Å². The molecule has 182 valence electrons. The number of hydrogen-bond donors (Lipinski definition) is 0. The summed E-state index contributed by atoms with van der Waals surface area (Å²) in [5, 5.41) is 0. The van der Waals surface area contributed by atoms with Crippen LogP contribution in [0.15, 0.2) is 0 Å². The van der Waals surface area contributed by atoms with Crippen LogP contribution < -0.4 is 0 Å². The number of carbonyl (C=O) groups excluding carboxylic acids is 3. The van der Waals surface area contributed by atoms with Crippen LogP contribution in [0, 0.1) is 17.8 Å². The number of rotatable bonds is 18. The van der Waals surface area contributed by atoms with Gasteiger partial charge in [0.1, 0.15) is 0 Å². The molecule has 3 unspecified atom stereocenters. The van der Waals surface area contributed by atoms with E-state index in [0.29, 0.717) is 38.5 Å². The lowest BCUT2D eigenvalue weighted by atomic mass is 10.00. The Hall–Kier alpha value is -1.16. The summed E-state index contributed by atoms with van der Waals surface area (Å²) in [5.74, 6) is -2.22. The molecule has 0 fully saturated rings. The van der Waals surface area contributed by atoms with Crippen molar-refractivity contribution in [2.75, 3.05) is 0 Å². The summed E-state index contributed by atoms with van der Waals surface area (Å²) in [6.45, 7) is 12.0. The fourth-order valence-electron chi connectivity index (χ4n) is 3.32. The van der Waals surface area contributed by atoms with E-state index in [9.17, 15) is 14.4 Å². The molecule has 0 heterocycles. The van der Waals surface area contributed by atoms with Crippen LogP contribution in [0.5, 0.6) is 0 Å². The predicted octanol–water partition coefficient (Wildman–Crippen LogP) is 7.49. The maximum atomic E-state index is 12.7. The summed E-state index contributed by atoms with van der Waals surface area (Å²) < 4.78 is 16.4. The number of unbranched alkanes of at least 4 members (excludes halogenated alkanes) is 3. The molecule has 0 amide bonds. The van der Waals surface area contributed by atoms with Crippen molar-refractivity contribution < 1.29 is 28.0 Å². The lowest BCUT2D eigenvalue weighted by Crippen LogP contribution is -2.22. The number of carbonyl (C=O) groups is 3. The third-order valence-corrected chi connectivity index (χ3v) is 6.68. The summed E-state index contributed by atoms with van der Waals surface area (Å²) >= 11 is 0. The van der Waals surface area contributed by atoms with Gasteiger partial charge in [0.25, 0.3) is 0 Å². The van der Waals surface area contributed by atoms with Crippen molar-refractivity contribution >= 4 is 26.5 Å². The zero-order valence-corrected chi connectivity index (χ0v) is 21.5. The maximum Gasteiger partial charge on any atom is 0.537 e. The highest BCUT2D eigenvalue weighted by Crippen LogP contribution is 2.44. The highest BCUT2D eigenvalue weighted by molar-refractivity contribution is 7.43. The van der Waals surface area contributed by atoms with Crippen LogP contribution in [0.4, 0.5) is 0 Å². The summed E-state index contributed by atoms with van der Waals surface area (Å²) in [7, 11) is -2.39. The molecule has 0 bridgehead atoms. The van der Waals surface area contributed by atoms with Gasteiger partial charge in [-0.3, -0.25) is 14.4 Å². The lowest BCUT2D eigenvalue weighted by molar-refractivity contribution is -0.148. The maximum absolute atomic E-state index is 12.7. The molecule has 0 radical (unpaired) electrons. The first-order valence-corrected chi connectivity index (χ1v) is 13.4. The minimum atomic E-state index is -2.39. The van der Waals surface area contributed by atoms with E-state index in [2.05, 4.69) is 20.8 Å². The third-order valence-electron chi connectivity index (χ3n) is 5.69. The molecule has 6 nitrogen and oxygen atoms in total. The molecule has 7 heteroatoms. The summed E-state index contributed by atoms with van der Waals surface area (Å²) in [4.78, 5) is 38.1. The highest BCUT2D eigenvalue weighted by Gasteiger charge is 2.34. The molecule has 0 aliphatic heterocycles. The first-order chi connectivity index (χ1) is 14.9. The van der Waals surface area contributed by atoms with Gasteiger partial charge in [0, 0.05) is 0 Å². The molecule has 0 aromatic carbocycles. The Morgan fingerprint density at radius 2 is 0.806 bits per heavy atom. The van der Waals surface area contributed by atoms with E-state index >= 15 is 0 Å². The van der Waals surface area contributed by atoms with Gasteiger partial charge in [-0.25, -0.2) is 0 Å². The topological polar surface area (TPSA) is 78.9 Å². The lowest BCUT2D eigenvalue weighted by Gasteiger charge is -2.22.